The normalized spacial score (nSPS) is 12.0. The Hall–Kier alpha value is -2.63. The van der Waals surface area contributed by atoms with Crippen LogP contribution in [0.2, 0.25) is 0 Å². The summed E-state index contributed by atoms with van der Waals surface area (Å²) in [7, 11) is 0. The summed E-state index contributed by atoms with van der Waals surface area (Å²) in [5, 5.41) is 5.40. The molecule has 2 N–H and O–H groups in total. The first-order valence-electron chi connectivity index (χ1n) is 7.84. The average Bonchev–Trinajstić information content (AvgIpc) is 3.08. The van der Waals surface area contributed by atoms with Crippen LogP contribution in [-0.2, 0) is 11.2 Å². The third-order valence-electron chi connectivity index (χ3n) is 3.63. The summed E-state index contributed by atoms with van der Waals surface area (Å²) < 4.78 is 18.6. The van der Waals surface area contributed by atoms with E-state index in [-0.39, 0.29) is 23.4 Å². The lowest BCUT2D eigenvalue weighted by atomic mass is 10.0. The number of hydrogen-bond donors (Lipinski definition) is 2. The molecule has 0 radical (unpaired) electrons. The molecule has 1 atom stereocenters. The van der Waals surface area contributed by atoms with E-state index in [1.807, 2.05) is 13.8 Å². The maximum absolute atomic E-state index is 13.5. The summed E-state index contributed by atoms with van der Waals surface area (Å²) in [6, 6.07) is 8.88. The molecule has 0 bridgehead atoms. The van der Waals surface area contributed by atoms with Crippen LogP contribution in [0.25, 0.3) is 0 Å². The van der Waals surface area contributed by atoms with Crippen molar-refractivity contribution in [3.05, 3.63) is 59.8 Å². The van der Waals surface area contributed by atoms with Crippen LogP contribution in [0, 0.1) is 11.7 Å². The fraction of sp³-hybridized carbons (Fsp3) is 0.333. The smallest absolute Gasteiger partial charge is 0.287 e. The Balaban J connectivity index is 1.89. The van der Waals surface area contributed by atoms with E-state index < -0.39 is 11.9 Å². The predicted octanol–water partition coefficient (Wildman–Crippen LogP) is 2.53. The van der Waals surface area contributed by atoms with Gasteiger partial charge < -0.3 is 15.1 Å². The maximum atomic E-state index is 13.5. The van der Waals surface area contributed by atoms with Crippen LogP contribution in [-0.4, -0.2) is 24.4 Å². The average molecular weight is 332 g/mol. The van der Waals surface area contributed by atoms with Gasteiger partial charge in [-0.05, 0) is 36.1 Å². The predicted molar refractivity (Wildman–Crippen MR) is 87.9 cm³/mol. The quantitative estimate of drug-likeness (QED) is 0.818. The number of amides is 2. The fourth-order valence-electron chi connectivity index (χ4n) is 2.29. The number of nitrogens with one attached hydrogen (secondary N) is 2. The van der Waals surface area contributed by atoms with Gasteiger partial charge in [0.1, 0.15) is 11.9 Å². The molecular formula is C18H21FN2O3. The minimum Gasteiger partial charge on any atom is -0.459 e. The third-order valence-corrected chi connectivity index (χ3v) is 3.63. The van der Waals surface area contributed by atoms with Crippen molar-refractivity contribution < 1.29 is 18.4 Å². The monoisotopic (exact) mass is 332 g/mol. The van der Waals surface area contributed by atoms with Gasteiger partial charge in [0, 0.05) is 6.54 Å². The van der Waals surface area contributed by atoms with Crippen molar-refractivity contribution in [3.8, 4) is 0 Å². The number of furan rings is 1. The topological polar surface area (TPSA) is 71.3 Å². The van der Waals surface area contributed by atoms with Crippen LogP contribution in [0.4, 0.5) is 4.39 Å². The third kappa shape index (κ3) is 4.68. The summed E-state index contributed by atoms with van der Waals surface area (Å²) in [4.78, 5) is 24.3. The zero-order chi connectivity index (χ0) is 17.5. The highest BCUT2D eigenvalue weighted by Gasteiger charge is 2.25. The highest BCUT2D eigenvalue weighted by atomic mass is 19.1. The van der Waals surface area contributed by atoms with Crippen molar-refractivity contribution in [2.45, 2.75) is 26.3 Å². The van der Waals surface area contributed by atoms with Gasteiger partial charge in [-0.1, -0.05) is 32.0 Å². The first kappa shape index (κ1) is 17.7. The van der Waals surface area contributed by atoms with Gasteiger partial charge in [0.15, 0.2) is 5.76 Å². The largest absolute Gasteiger partial charge is 0.459 e. The molecule has 0 spiro atoms. The standard InChI is InChI=1S/C18H21FN2O3/c1-12(2)16(21-17(22)15-8-5-11-24-15)18(23)20-10-9-13-6-3-4-7-14(13)19/h3-8,11-12,16H,9-10H2,1-2H3,(H,20,23)(H,21,22). The number of hydrogen-bond acceptors (Lipinski definition) is 3. The van der Waals surface area contributed by atoms with Crippen molar-refractivity contribution in [2.24, 2.45) is 5.92 Å². The van der Waals surface area contributed by atoms with Crippen molar-refractivity contribution in [2.75, 3.05) is 6.54 Å². The summed E-state index contributed by atoms with van der Waals surface area (Å²) in [5.41, 5.74) is 0.540. The minimum atomic E-state index is -0.691. The molecule has 1 heterocycles. The van der Waals surface area contributed by atoms with Crippen molar-refractivity contribution in [1.82, 2.24) is 10.6 Å². The van der Waals surface area contributed by atoms with Gasteiger partial charge >= 0.3 is 0 Å². The molecule has 5 nitrogen and oxygen atoms in total. The molecule has 0 fully saturated rings. The first-order chi connectivity index (χ1) is 11.5. The Morgan fingerprint density at radius 2 is 1.92 bits per heavy atom. The van der Waals surface area contributed by atoms with Crippen LogP contribution in [0.15, 0.2) is 47.1 Å². The lowest BCUT2D eigenvalue weighted by Crippen LogP contribution is -2.50. The second-order valence-electron chi connectivity index (χ2n) is 5.80. The molecule has 2 amide bonds. The van der Waals surface area contributed by atoms with Gasteiger partial charge in [-0.25, -0.2) is 4.39 Å². The Bertz CT molecular complexity index is 683. The van der Waals surface area contributed by atoms with Gasteiger partial charge in [-0.2, -0.15) is 0 Å². The van der Waals surface area contributed by atoms with E-state index in [0.717, 1.165) is 0 Å². The van der Waals surface area contributed by atoms with Crippen LogP contribution in [0.3, 0.4) is 0 Å². The second-order valence-corrected chi connectivity index (χ2v) is 5.80. The SMILES string of the molecule is CC(C)C(NC(=O)c1ccco1)C(=O)NCCc1ccccc1F. The molecule has 0 saturated carbocycles. The van der Waals surface area contributed by atoms with Crippen molar-refractivity contribution >= 4 is 11.8 Å². The van der Waals surface area contributed by atoms with E-state index in [1.165, 1.54) is 18.4 Å². The Morgan fingerprint density at radius 1 is 1.17 bits per heavy atom. The molecular weight excluding hydrogens is 311 g/mol. The van der Waals surface area contributed by atoms with E-state index in [9.17, 15) is 14.0 Å². The second kappa shape index (κ2) is 8.29. The van der Waals surface area contributed by atoms with Gasteiger partial charge in [0.05, 0.1) is 6.26 Å². The molecule has 0 aliphatic rings. The van der Waals surface area contributed by atoms with Crippen LogP contribution in [0.1, 0.15) is 30.0 Å². The summed E-state index contributed by atoms with van der Waals surface area (Å²) in [6.45, 7) is 3.96. The fourth-order valence-corrected chi connectivity index (χ4v) is 2.29. The lowest BCUT2D eigenvalue weighted by Gasteiger charge is -2.21. The van der Waals surface area contributed by atoms with E-state index in [0.29, 0.717) is 18.5 Å². The molecule has 0 saturated heterocycles. The molecule has 0 aliphatic carbocycles. The number of carbonyl (C=O) groups excluding carboxylic acids is 2. The molecule has 24 heavy (non-hydrogen) atoms. The van der Waals surface area contributed by atoms with Crippen LogP contribution in [0.5, 0.6) is 0 Å². The van der Waals surface area contributed by atoms with Crippen molar-refractivity contribution in [1.29, 1.82) is 0 Å². The van der Waals surface area contributed by atoms with E-state index in [1.54, 1.807) is 24.3 Å². The maximum Gasteiger partial charge on any atom is 0.287 e. The minimum absolute atomic E-state index is 0.0997. The highest BCUT2D eigenvalue weighted by Crippen LogP contribution is 2.08. The van der Waals surface area contributed by atoms with Gasteiger partial charge in [-0.15, -0.1) is 0 Å². The zero-order valence-corrected chi connectivity index (χ0v) is 13.7. The molecule has 1 unspecified atom stereocenters. The molecule has 1 aromatic carbocycles. The Kier molecular flexibility index (Phi) is 6.12. The van der Waals surface area contributed by atoms with Gasteiger partial charge in [0.2, 0.25) is 5.91 Å². The first-order valence-corrected chi connectivity index (χ1v) is 7.84. The summed E-state index contributed by atoms with van der Waals surface area (Å²) in [6.07, 6.45) is 1.78. The summed E-state index contributed by atoms with van der Waals surface area (Å²) in [5.74, 6) is -0.986. The van der Waals surface area contributed by atoms with E-state index in [4.69, 9.17) is 4.42 Å². The van der Waals surface area contributed by atoms with E-state index in [2.05, 4.69) is 10.6 Å². The number of rotatable bonds is 7. The number of benzene rings is 1. The number of carbonyl (C=O) groups is 2. The van der Waals surface area contributed by atoms with Crippen molar-refractivity contribution in [3.63, 3.8) is 0 Å². The summed E-state index contributed by atoms with van der Waals surface area (Å²) >= 11 is 0. The van der Waals surface area contributed by atoms with Crippen LogP contribution < -0.4 is 10.6 Å². The molecule has 128 valence electrons. The van der Waals surface area contributed by atoms with Gasteiger partial charge in [0.25, 0.3) is 5.91 Å². The van der Waals surface area contributed by atoms with E-state index >= 15 is 0 Å². The Labute approximate surface area is 140 Å². The molecule has 6 heteroatoms. The van der Waals surface area contributed by atoms with Crippen LogP contribution >= 0.6 is 0 Å². The molecule has 2 rings (SSSR count). The van der Waals surface area contributed by atoms with Gasteiger partial charge in [-0.3, -0.25) is 9.59 Å². The zero-order valence-electron chi connectivity index (χ0n) is 13.7. The molecule has 2 aromatic rings. The lowest BCUT2D eigenvalue weighted by molar-refractivity contribution is -0.123. The Morgan fingerprint density at radius 3 is 2.54 bits per heavy atom. The molecule has 0 aliphatic heterocycles. The number of halogens is 1. The highest BCUT2D eigenvalue weighted by molar-refractivity contribution is 5.95. The molecule has 1 aromatic heterocycles.